The highest BCUT2D eigenvalue weighted by molar-refractivity contribution is 7.98. The summed E-state index contributed by atoms with van der Waals surface area (Å²) in [5, 5.41) is 5.17. The van der Waals surface area contributed by atoms with E-state index in [1.807, 2.05) is 48.3 Å². The zero-order valence-electron chi connectivity index (χ0n) is 9.42. The molecule has 0 aliphatic rings. The summed E-state index contributed by atoms with van der Waals surface area (Å²) in [6, 6.07) is 8.04. The molecule has 0 saturated heterocycles. The number of rotatable bonds is 3. The molecule has 5 heteroatoms. The van der Waals surface area contributed by atoms with Crippen LogP contribution in [0, 0.1) is 6.92 Å². The van der Waals surface area contributed by atoms with Gasteiger partial charge in [-0.15, -0.1) is 0 Å². The van der Waals surface area contributed by atoms with Gasteiger partial charge in [0.05, 0.1) is 23.1 Å². The number of nitrogens with one attached hydrogen (secondary N) is 1. The fourth-order valence-electron chi connectivity index (χ4n) is 1.66. The molecule has 3 aromatic rings. The number of benzene rings is 1. The van der Waals surface area contributed by atoms with E-state index in [4.69, 9.17) is 0 Å². The van der Waals surface area contributed by atoms with Gasteiger partial charge in [-0.05, 0) is 24.6 Å². The lowest BCUT2D eigenvalue weighted by atomic mass is 10.3. The van der Waals surface area contributed by atoms with Crippen LogP contribution in [0.2, 0.25) is 0 Å². The van der Waals surface area contributed by atoms with Crippen LogP contribution in [-0.2, 0) is 5.88 Å². The van der Waals surface area contributed by atoms with Crippen molar-refractivity contribution in [3.05, 3.63) is 42.2 Å². The van der Waals surface area contributed by atoms with E-state index in [-0.39, 0.29) is 0 Å². The number of thioether (sulfide) groups is 1. The Hall–Kier alpha value is -1.75. The van der Waals surface area contributed by atoms with Crippen LogP contribution in [0.4, 0.5) is 0 Å². The zero-order chi connectivity index (χ0) is 11.7. The minimum absolute atomic E-state index is 0.771. The van der Waals surface area contributed by atoms with Gasteiger partial charge in [-0.3, -0.25) is 4.68 Å². The number of imidazole rings is 1. The fraction of sp³-hybridized carbons (Fsp3) is 0.167. The second kappa shape index (κ2) is 4.25. The molecule has 0 amide bonds. The van der Waals surface area contributed by atoms with Crippen molar-refractivity contribution in [2.24, 2.45) is 0 Å². The van der Waals surface area contributed by atoms with E-state index in [1.165, 1.54) is 5.56 Å². The molecule has 0 fully saturated rings. The van der Waals surface area contributed by atoms with Gasteiger partial charge in [-0.25, -0.2) is 4.98 Å². The summed E-state index contributed by atoms with van der Waals surface area (Å²) < 4.78 is 1.91. The minimum atomic E-state index is 0.771. The van der Waals surface area contributed by atoms with Crippen molar-refractivity contribution >= 4 is 22.8 Å². The minimum Gasteiger partial charge on any atom is -0.333 e. The molecule has 4 nitrogen and oxygen atoms in total. The Morgan fingerprint density at radius 3 is 3.00 bits per heavy atom. The standard InChI is InChI=1S/C12H12N4S/c1-9-6-13-16(7-9)8-17-12-14-10-4-2-3-5-11(10)15-12/h2-7H,8H2,1H3,(H,14,15). The van der Waals surface area contributed by atoms with Gasteiger partial charge in [0.2, 0.25) is 0 Å². The molecule has 1 aromatic carbocycles. The summed E-state index contributed by atoms with van der Waals surface area (Å²) in [6.45, 7) is 2.04. The molecule has 0 aliphatic carbocycles. The lowest BCUT2D eigenvalue weighted by Gasteiger charge is -1.97. The van der Waals surface area contributed by atoms with Gasteiger partial charge in [0.25, 0.3) is 0 Å². The molecule has 0 aliphatic heterocycles. The van der Waals surface area contributed by atoms with Crippen LogP contribution in [0.25, 0.3) is 11.0 Å². The third-order valence-corrected chi connectivity index (χ3v) is 3.32. The number of fused-ring (bicyclic) bond motifs is 1. The summed E-state index contributed by atoms with van der Waals surface area (Å²) in [5.41, 5.74) is 3.26. The summed E-state index contributed by atoms with van der Waals surface area (Å²) in [4.78, 5) is 7.78. The highest BCUT2D eigenvalue weighted by Gasteiger charge is 2.03. The summed E-state index contributed by atoms with van der Waals surface area (Å²) >= 11 is 1.65. The summed E-state index contributed by atoms with van der Waals surface area (Å²) in [6.07, 6.45) is 3.88. The van der Waals surface area contributed by atoms with Crippen LogP contribution in [0.5, 0.6) is 0 Å². The Morgan fingerprint density at radius 2 is 2.24 bits per heavy atom. The molecular weight excluding hydrogens is 232 g/mol. The van der Waals surface area contributed by atoms with Crippen molar-refractivity contribution in [3.8, 4) is 0 Å². The zero-order valence-corrected chi connectivity index (χ0v) is 10.2. The maximum Gasteiger partial charge on any atom is 0.168 e. The molecular formula is C12H12N4S. The van der Waals surface area contributed by atoms with Crippen LogP contribution >= 0.6 is 11.8 Å². The first-order valence-electron chi connectivity index (χ1n) is 5.38. The van der Waals surface area contributed by atoms with E-state index < -0.39 is 0 Å². The Balaban J connectivity index is 1.76. The van der Waals surface area contributed by atoms with Crippen molar-refractivity contribution in [1.82, 2.24) is 19.7 Å². The summed E-state index contributed by atoms with van der Waals surface area (Å²) in [7, 11) is 0. The predicted octanol–water partition coefficient (Wildman–Crippen LogP) is 2.82. The van der Waals surface area contributed by atoms with E-state index >= 15 is 0 Å². The molecule has 0 saturated carbocycles. The van der Waals surface area contributed by atoms with E-state index in [9.17, 15) is 0 Å². The molecule has 17 heavy (non-hydrogen) atoms. The van der Waals surface area contributed by atoms with Crippen LogP contribution in [0.3, 0.4) is 0 Å². The topological polar surface area (TPSA) is 46.5 Å². The van der Waals surface area contributed by atoms with Crippen molar-refractivity contribution in [3.63, 3.8) is 0 Å². The number of nitrogens with zero attached hydrogens (tertiary/aromatic N) is 3. The number of hydrogen-bond acceptors (Lipinski definition) is 3. The predicted molar refractivity (Wildman–Crippen MR) is 68.9 cm³/mol. The van der Waals surface area contributed by atoms with Crippen LogP contribution < -0.4 is 0 Å². The van der Waals surface area contributed by atoms with Crippen molar-refractivity contribution in [1.29, 1.82) is 0 Å². The molecule has 0 unspecified atom stereocenters. The molecule has 3 rings (SSSR count). The average Bonchev–Trinajstić information content (AvgIpc) is 2.91. The van der Waals surface area contributed by atoms with Crippen LogP contribution in [-0.4, -0.2) is 19.7 Å². The van der Waals surface area contributed by atoms with E-state index in [0.29, 0.717) is 0 Å². The highest BCUT2D eigenvalue weighted by atomic mass is 32.2. The molecule has 1 N–H and O–H groups in total. The average molecular weight is 244 g/mol. The maximum absolute atomic E-state index is 4.50. The van der Waals surface area contributed by atoms with E-state index in [1.54, 1.807) is 11.8 Å². The third kappa shape index (κ3) is 2.19. The molecule has 86 valence electrons. The number of para-hydroxylation sites is 2. The van der Waals surface area contributed by atoms with Gasteiger partial charge in [-0.2, -0.15) is 5.10 Å². The molecule has 0 spiro atoms. The fourth-order valence-corrected chi connectivity index (χ4v) is 2.40. The van der Waals surface area contributed by atoms with Crippen molar-refractivity contribution in [2.45, 2.75) is 18.0 Å². The Bertz CT molecular complexity index is 608. The second-order valence-corrected chi connectivity index (χ2v) is 4.82. The monoisotopic (exact) mass is 244 g/mol. The Morgan fingerprint density at radius 1 is 1.35 bits per heavy atom. The van der Waals surface area contributed by atoms with Gasteiger partial charge >= 0.3 is 0 Å². The Labute approximate surface area is 103 Å². The molecule has 0 bridgehead atoms. The molecule has 0 radical (unpaired) electrons. The van der Waals surface area contributed by atoms with E-state index in [0.717, 1.165) is 22.1 Å². The van der Waals surface area contributed by atoms with Crippen LogP contribution in [0.1, 0.15) is 5.56 Å². The lowest BCUT2D eigenvalue weighted by molar-refractivity contribution is 0.748. The number of aromatic nitrogens is 4. The van der Waals surface area contributed by atoms with E-state index in [2.05, 4.69) is 15.1 Å². The summed E-state index contributed by atoms with van der Waals surface area (Å²) in [5.74, 6) is 0.771. The first-order valence-corrected chi connectivity index (χ1v) is 6.36. The Kier molecular flexibility index (Phi) is 2.60. The number of aryl methyl sites for hydroxylation is 1. The maximum atomic E-state index is 4.50. The normalized spacial score (nSPS) is 11.1. The van der Waals surface area contributed by atoms with Crippen molar-refractivity contribution in [2.75, 3.05) is 0 Å². The molecule has 2 aromatic heterocycles. The smallest absolute Gasteiger partial charge is 0.168 e. The largest absolute Gasteiger partial charge is 0.333 e. The quantitative estimate of drug-likeness (QED) is 0.721. The second-order valence-electron chi connectivity index (χ2n) is 3.89. The van der Waals surface area contributed by atoms with Gasteiger partial charge in [-0.1, -0.05) is 23.9 Å². The third-order valence-electron chi connectivity index (χ3n) is 2.46. The van der Waals surface area contributed by atoms with Gasteiger partial charge in [0, 0.05) is 6.20 Å². The van der Waals surface area contributed by atoms with Crippen LogP contribution in [0.15, 0.2) is 41.8 Å². The number of hydrogen-bond donors (Lipinski definition) is 1. The van der Waals surface area contributed by atoms with Gasteiger partial charge in [0.15, 0.2) is 5.16 Å². The van der Waals surface area contributed by atoms with Crippen molar-refractivity contribution < 1.29 is 0 Å². The molecule has 2 heterocycles. The molecule has 0 atom stereocenters. The van der Waals surface area contributed by atoms with Gasteiger partial charge in [0.1, 0.15) is 0 Å². The number of aromatic amines is 1. The highest BCUT2D eigenvalue weighted by Crippen LogP contribution is 2.20. The van der Waals surface area contributed by atoms with Gasteiger partial charge < -0.3 is 4.98 Å². The lowest BCUT2D eigenvalue weighted by Crippen LogP contribution is -1.94. The SMILES string of the molecule is Cc1cnn(CSc2nc3ccccc3[nH]2)c1. The number of H-pyrrole nitrogens is 1. The first kappa shape index (κ1) is 10.4. The first-order chi connectivity index (χ1) is 8.31.